The van der Waals surface area contributed by atoms with E-state index < -0.39 is 0 Å². The topological polar surface area (TPSA) is 73.3 Å². The summed E-state index contributed by atoms with van der Waals surface area (Å²) in [5.41, 5.74) is 3.16. The first-order chi connectivity index (χ1) is 10.5. The van der Waals surface area contributed by atoms with Crippen LogP contribution in [0.2, 0.25) is 0 Å². The van der Waals surface area contributed by atoms with E-state index in [1.165, 1.54) is 13.0 Å². The number of hydrogen-bond donors (Lipinski definition) is 3. The number of aromatic amines is 1. The minimum absolute atomic E-state index is 0.0350. The summed E-state index contributed by atoms with van der Waals surface area (Å²) >= 11 is 0. The molecule has 0 atom stereocenters. The summed E-state index contributed by atoms with van der Waals surface area (Å²) in [7, 11) is 0. The number of hydrogen-bond acceptors (Lipinski definition) is 3. The fourth-order valence-corrected chi connectivity index (χ4v) is 2.77. The third-order valence-electron chi connectivity index (χ3n) is 3.98. The highest BCUT2D eigenvalue weighted by Gasteiger charge is 2.19. The molecule has 1 heterocycles. The second kappa shape index (κ2) is 5.22. The number of para-hydroxylation sites is 1. The number of H-pyrrole nitrogens is 1. The van der Waals surface area contributed by atoms with Gasteiger partial charge in [0.15, 0.2) is 5.78 Å². The standard InChI is InChI=1S/C18H17NO3/c1-10-7-14(11(2)20)18(22)15(17(10)21)8-12-9-19-16-6-4-3-5-13(12)16/h3-7,9,19,21-22H,8H2,1-2H3. The van der Waals surface area contributed by atoms with Gasteiger partial charge in [-0.2, -0.15) is 0 Å². The molecular weight excluding hydrogens is 278 g/mol. The molecule has 4 heteroatoms. The molecule has 0 bridgehead atoms. The Bertz CT molecular complexity index is 877. The lowest BCUT2D eigenvalue weighted by Crippen LogP contribution is -1.99. The molecule has 1 aromatic heterocycles. The highest BCUT2D eigenvalue weighted by atomic mass is 16.3. The van der Waals surface area contributed by atoms with Crippen LogP contribution in [0.4, 0.5) is 0 Å². The van der Waals surface area contributed by atoms with Gasteiger partial charge >= 0.3 is 0 Å². The number of ketones is 1. The van der Waals surface area contributed by atoms with Gasteiger partial charge in [0.1, 0.15) is 11.5 Å². The molecule has 112 valence electrons. The van der Waals surface area contributed by atoms with Crippen molar-refractivity contribution in [2.45, 2.75) is 20.3 Å². The summed E-state index contributed by atoms with van der Waals surface area (Å²) < 4.78 is 0. The molecule has 3 aromatic rings. The van der Waals surface area contributed by atoms with Crippen LogP contribution in [0, 0.1) is 6.92 Å². The molecule has 0 saturated carbocycles. The van der Waals surface area contributed by atoms with E-state index in [1.807, 2.05) is 30.5 Å². The van der Waals surface area contributed by atoms with Gasteiger partial charge in [0.2, 0.25) is 0 Å². The number of aromatic hydroxyl groups is 2. The zero-order valence-corrected chi connectivity index (χ0v) is 12.5. The maximum Gasteiger partial charge on any atom is 0.163 e. The van der Waals surface area contributed by atoms with E-state index in [1.54, 1.807) is 6.92 Å². The number of fused-ring (bicyclic) bond motifs is 1. The minimum atomic E-state index is -0.222. The Morgan fingerprint density at radius 1 is 1.18 bits per heavy atom. The van der Waals surface area contributed by atoms with E-state index in [9.17, 15) is 15.0 Å². The monoisotopic (exact) mass is 295 g/mol. The van der Waals surface area contributed by atoms with Crippen LogP contribution in [0.15, 0.2) is 36.5 Å². The second-order valence-corrected chi connectivity index (χ2v) is 5.51. The van der Waals surface area contributed by atoms with E-state index in [-0.39, 0.29) is 22.8 Å². The number of aromatic nitrogens is 1. The number of benzene rings is 2. The van der Waals surface area contributed by atoms with Crippen LogP contribution >= 0.6 is 0 Å². The summed E-state index contributed by atoms with van der Waals surface area (Å²) in [5, 5.41) is 21.7. The number of carbonyl (C=O) groups is 1. The van der Waals surface area contributed by atoms with Crippen molar-refractivity contribution in [1.82, 2.24) is 4.98 Å². The quantitative estimate of drug-likeness (QED) is 0.645. The SMILES string of the molecule is CC(=O)c1cc(C)c(O)c(Cc2c[nH]c3ccccc23)c1O. The molecule has 3 N–H and O–H groups in total. The third kappa shape index (κ3) is 2.22. The molecular formula is C18H17NO3. The number of Topliss-reactive ketones (excluding diaryl/α,β-unsaturated/α-hetero) is 1. The normalized spacial score (nSPS) is 11.0. The maximum absolute atomic E-state index is 11.6. The first-order valence-corrected chi connectivity index (χ1v) is 7.09. The Morgan fingerprint density at radius 2 is 1.91 bits per heavy atom. The van der Waals surface area contributed by atoms with Gasteiger partial charge in [-0.15, -0.1) is 0 Å². The Morgan fingerprint density at radius 3 is 2.64 bits per heavy atom. The molecule has 0 amide bonds. The second-order valence-electron chi connectivity index (χ2n) is 5.51. The maximum atomic E-state index is 11.6. The van der Waals surface area contributed by atoms with Gasteiger partial charge in [-0.05, 0) is 37.1 Å². The zero-order chi connectivity index (χ0) is 15.9. The average Bonchev–Trinajstić information content (AvgIpc) is 2.90. The van der Waals surface area contributed by atoms with E-state index in [2.05, 4.69) is 4.98 Å². The molecule has 0 aliphatic carbocycles. The molecule has 0 fully saturated rings. The van der Waals surface area contributed by atoms with E-state index >= 15 is 0 Å². The van der Waals surface area contributed by atoms with Crippen molar-refractivity contribution >= 4 is 16.7 Å². The van der Waals surface area contributed by atoms with Gasteiger partial charge in [0.25, 0.3) is 0 Å². The minimum Gasteiger partial charge on any atom is -0.507 e. The lowest BCUT2D eigenvalue weighted by Gasteiger charge is -2.12. The Kier molecular flexibility index (Phi) is 3.37. The molecule has 0 saturated heterocycles. The first-order valence-electron chi connectivity index (χ1n) is 7.09. The summed E-state index contributed by atoms with van der Waals surface area (Å²) in [5.74, 6) is -0.325. The van der Waals surface area contributed by atoms with Crippen molar-refractivity contribution in [2.24, 2.45) is 0 Å². The summed E-state index contributed by atoms with van der Waals surface area (Å²) in [6.45, 7) is 3.13. The largest absolute Gasteiger partial charge is 0.507 e. The lowest BCUT2D eigenvalue weighted by molar-refractivity contribution is 0.101. The van der Waals surface area contributed by atoms with Crippen LogP contribution in [0.5, 0.6) is 11.5 Å². The molecule has 0 spiro atoms. The summed E-state index contributed by atoms with van der Waals surface area (Å²) in [4.78, 5) is 14.8. The first kappa shape index (κ1) is 14.2. The molecule has 22 heavy (non-hydrogen) atoms. The van der Waals surface area contributed by atoms with Crippen molar-refractivity contribution in [1.29, 1.82) is 0 Å². The lowest BCUT2D eigenvalue weighted by atomic mass is 9.96. The van der Waals surface area contributed by atoms with Gasteiger partial charge in [-0.3, -0.25) is 4.79 Å². The number of phenolic OH excluding ortho intramolecular Hbond substituents is 2. The average molecular weight is 295 g/mol. The van der Waals surface area contributed by atoms with Crippen LogP contribution in [0.1, 0.15) is 34.0 Å². The van der Waals surface area contributed by atoms with Crippen molar-refractivity contribution < 1.29 is 15.0 Å². The van der Waals surface area contributed by atoms with Crippen molar-refractivity contribution in [2.75, 3.05) is 0 Å². The Labute approximate surface area is 128 Å². The molecule has 0 aliphatic heterocycles. The highest BCUT2D eigenvalue weighted by Crippen LogP contribution is 2.36. The predicted octanol–water partition coefficient (Wildman–Crippen LogP) is 3.68. The molecule has 3 rings (SSSR count). The smallest absolute Gasteiger partial charge is 0.163 e. The molecule has 2 aromatic carbocycles. The Balaban J connectivity index is 2.14. The van der Waals surface area contributed by atoms with Crippen molar-refractivity contribution in [3.63, 3.8) is 0 Å². The summed E-state index contributed by atoms with van der Waals surface area (Å²) in [6, 6.07) is 9.35. The van der Waals surface area contributed by atoms with Crippen LogP contribution in [-0.2, 0) is 6.42 Å². The van der Waals surface area contributed by atoms with E-state index in [4.69, 9.17) is 0 Å². The number of aryl methyl sites for hydroxylation is 1. The van der Waals surface area contributed by atoms with Crippen molar-refractivity contribution in [3.05, 3.63) is 58.8 Å². The Hall–Kier alpha value is -2.75. The number of nitrogens with one attached hydrogen (secondary N) is 1. The number of rotatable bonds is 3. The molecule has 4 nitrogen and oxygen atoms in total. The van der Waals surface area contributed by atoms with Gasteiger partial charge in [-0.1, -0.05) is 18.2 Å². The fraction of sp³-hybridized carbons (Fsp3) is 0.167. The van der Waals surface area contributed by atoms with Gasteiger partial charge in [0, 0.05) is 29.1 Å². The zero-order valence-electron chi connectivity index (χ0n) is 12.5. The molecule has 0 unspecified atom stereocenters. The summed E-state index contributed by atoms with van der Waals surface area (Å²) in [6.07, 6.45) is 2.21. The van der Waals surface area contributed by atoms with Gasteiger partial charge < -0.3 is 15.2 Å². The van der Waals surface area contributed by atoms with E-state index in [0.717, 1.165) is 16.5 Å². The molecule has 0 radical (unpaired) electrons. The predicted molar refractivity (Wildman–Crippen MR) is 85.6 cm³/mol. The van der Waals surface area contributed by atoms with Gasteiger partial charge in [0.05, 0.1) is 5.56 Å². The number of phenols is 2. The fourth-order valence-electron chi connectivity index (χ4n) is 2.77. The van der Waals surface area contributed by atoms with Gasteiger partial charge in [-0.25, -0.2) is 0 Å². The third-order valence-corrected chi connectivity index (χ3v) is 3.98. The van der Waals surface area contributed by atoms with Crippen LogP contribution in [0.25, 0.3) is 10.9 Å². The van der Waals surface area contributed by atoms with Crippen LogP contribution in [-0.4, -0.2) is 21.0 Å². The highest BCUT2D eigenvalue weighted by molar-refractivity contribution is 5.98. The number of carbonyl (C=O) groups excluding carboxylic acids is 1. The van der Waals surface area contributed by atoms with Crippen LogP contribution in [0.3, 0.4) is 0 Å². The van der Waals surface area contributed by atoms with Crippen LogP contribution < -0.4 is 0 Å². The van der Waals surface area contributed by atoms with E-state index in [0.29, 0.717) is 17.5 Å². The molecule has 0 aliphatic rings. The van der Waals surface area contributed by atoms with Crippen molar-refractivity contribution in [3.8, 4) is 11.5 Å².